The summed E-state index contributed by atoms with van der Waals surface area (Å²) in [5.41, 5.74) is 8.63. The third-order valence-electron chi connectivity index (χ3n) is 5.63. The zero-order chi connectivity index (χ0) is 20.5. The Morgan fingerprint density at radius 1 is 1.28 bits per heavy atom. The fourth-order valence-electron chi connectivity index (χ4n) is 4.05. The summed E-state index contributed by atoms with van der Waals surface area (Å²) in [5, 5.41) is 6.28. The molecule has 1 unspecified atom stereocenters. The molecule has 1 fully saturated rings. The number of fused-ring (bicyclic) bond motifs is 1. The average molecular weight is 437 g/mol. The summed E-state index contributed by atoms with van der Waals surface area (Å²) >= 11 is 12.2. The molecule has 1 aliphatic carbocycles. The molecule has 29 heavy (non-hydrogen) atoms. The number of aromatic nitrogens is 5. The predicted octanol–water partition coefficient (Wildman–Crippen LogP) is 5.05. The fraction of sp³-hybridized carbons (Fsp3) is 0.550. The normalized spacial score (nSPS) is 16.4. The summed E-state index contributed by atoms with van der Waals surface area (Å²) in [5.74, 6) is 0.718. The van der Waals surface area contributed by atoms with Gasteiger partial charge in [0.05, 0.1) is 28.8 Å². The van der Waals surface area contributed by atoms with Crippen molar-refractivity contribution >= 4 is 39.9 Å². The highest BCUT2D eigenvalue weighted by atomic mass is 35.5. The third-order valence-corrected chi connectivity index (χ3v) is 6.12. The zero-order valence-corrected chi connectivity index (χ0v) is 18.2. The molecule has 0 aliphatic heterocycles. The number of anilines is 1. The Morgan fingerprint density at radius 3 is 2.79 bits per heavy atom. The quantitative estimate of drug-likeness (QED) is 0.546. The van der Waals surface area contributed by atoms with Crippen LogP contribution >= 0.6 is 23.2 Å². The maximum Gasteiger partial charge on any atom is 0.256 e. The van der Waals surface area contributed by atoms with Crippen LogP contribution in [0.1, 0.15) is 50.8 Å². The number of nitrogens with zero attached hydrogens (tertiary/aromatic N) is 5. The summed E-state index contributed by atoms with van der Waals surface area (Å²) < 4.78 is 10.0. The molecular formula is C20H26Cl2N6O. The van der Waals surface area contributed by atoms with Gasteiger partial charge in [0.15, 0.2) is 0 Å². The minimum Gasteiger partial charge on any atom is -0.475 e. The van der Waals surface area contributed by atoms with E-state index in [2.05, 4.69) is 26.7 Å². The van der Waals surface area contributed by atoms with Crippen molar-refractivity contribution in [3.8, 4) is 5.88 Å². The van der Waals surface area contributed by atoms with E-state index in [4.69, 9.17) is 33.7 Å². The molecule has 1 saturated carbocycles. The highest BCUT2D eigenvalue weighted by Crippen LogP contribution is 2.33. The first kappa shape index (κ1) is 20.3. The minimum atomic E-state index is 0.190. The van der Waals surface area contributed by atoms with E-state index in [1.54, 1.807) is 6.20 Å². The van der Waals surface area contributed by atoms with Crippen molar-refractivity contribution in [1.29, 1.82) is 0 Å². The number of nitrogen functional groups attached to an aromatic ring is 1. The molecule has 3 aromatic rings. The molecule has 2 N–H and O–H groups in total. The van der Waals surface area contributed by atoms with E-state index in [1.807, 2.05) is 17.7 Å². The minimum absolute atomic E-state index is 0.190. The van der Waals surface area contributed by atoms with Crippen molar-refractivity contribution < 1.29 is 4.74 Å². The molecule has 0 bridgehead atoms. The van der Waals surface area contributed by atoms with Crippen molar-refractivity contribution in [2.75, 3.05) is 12.3 Å². The fourth-order valence-corrected chi connectivity index (χ4v) is 4.43. The first-order chi connectivity index (χ1) is 13.9. The van der Waals surface area contributed by atoms with Gasteiger partial charge < -0.3 is 15.0 Å². The van der Waals surface area contributed by atoms with Crippen LogP contribution in [-0.2, 0) is 6.54 Å². The van der Waals surface area contributed by atoms with Gasteiger partial charge in [0, 0.05) is 24.9 Å². The van der Waals surface area contributed by atoms with Gasteiger partial charge in [-0.15, -0.1) is 5.10 Å². The van der Waals surface area contributed by atoms with Crippen molar-refractivity contribution in [2.24, 2.45) is 5.92 Å². The molecule has 3 heterocycles. The Balaban J connectivity index is 1.44. The second-order valence-corrected chi connectivity index (χ2v) is 8.71. The van der Waals surface area contributed by atoms with Gasteiger partial charge in [0.1, 0.15) is 11.3 Å². The molecule has 9 heteroatoms. The van der Waals surface area contributed by atoms with E-state index >= 15 is 0 Å². The van der Waals surface area contributed by atoms with E-state index in [-0.39, 0.29) is 11.2 Å². The summed E-state index contributed by atoms with van der Waals surface area (Å²) in [4.78, 5) is 8.31. The van der Waals surface area contributed by atoms with Gasteiger partial charge in [-0.2, -0.15) is 4.98 Å². The van der Waals surface area contributed by atoms with Crippen molar-refractivity contribution in [1.82, 2.24) is 24.3 Å². The number of ether oxygens (including phenoxy) is 1. The first-order valence-corrected chi connectivity index (χ1v) is 10.8. The Kier molecular flexibility index (Phi) is 5.88. The zero-order valence-electron chi connectivity index (χ0n) is 16.7. The molecule has 3 aromatic heterocycles. The Morgan fingerprint density at radius 2 is 2.03 bits per heavy atom. The summed E-state index contributed by atoms with van der Waals surface area (Å²) in [6.45, 7) is 5.29. The second-order valence-electron chi connectivity index (χ2n) is 7.96. The molecule has 0 aromatic carbocycles. The lowest BCUT2D eigenvalue weighted by Gasteiger charge is -2.23. The van der Waals surface area contributed by atoms with Gasteiger partial charge in [-0.3, -0.25) is 4.68 Å². The van der Waals surface area contributed by atoms with Gasteiger partial charge in [-0.25, -0.2) is 4.98 Å². The van der Waals surface area contributed by atoms with Crippen LogP contribution in [0.25, 0.3) is 11.0 Å². The van der Waals surface area contributed by atoms with E-state index < -0.39 is 0 Å². The number of hydrogen-bond donors (Lipinski definition) is 1. The van der Waals surface area contributed by atoms with Crippen LogP contribution < -0.4 is 10.5 Å². The molecule has 1 aliphatic rings. The molecule has 1 atom stereocenters. The van der Waals surface area contributed by atoms with Gasteiger partial charge in [0.25, 0.3) is 5.88 Å². The molecule has 0 radical (unpaired) electrons. The highest BCUT2D eigenvalue weighted by Gasteiger charge is 2.22. The number of halogens is 2. The first-order valence-electron chi connectivity index (χ1n) is 10.1. The Labute approximate surface area is 180 Å². The topological polar surface area (TPSA) is 83.8 Å². The van der Waals surface area contributed by atoms with Crippen LogP contribution in [0.5, 0.6) is 5.88 Å². The molecule has 0 amide bonds. The van der Waals surface area contributed by atoms with Crippen molar-refractivity contribution in [3.05, 3.63) is 28.4 Å². The van der Waals surface area contributed by atoms with Crippen LogP contribution in [0.15, 0.2) is 12.4 Å². The maximum atomic E-state index is 6.30. The SMILES string of the molecule is Cc1c(N)c(OCC(C)Cn2cc(Cl)c3cnc(Cl)nc32)nn1C1CCCCC1. The number of rotatable bonds is 6. The van der Waals surface area contributed by atoms with Gasteiger partial charge in [-0.05, 0) is 31.4 Å². The standard InChI is InChI=1S/C20H26Cl2N6O/c1-12(9-27-10-16(21)15-8-24-20(22)25-18(15)27)11-29-19-17(23)13(2)28(26-19)14-6-4-3-5-7-14/h8,10,12,14H,3-7,9,11,23H2,1-2H3. The molecule has 0 spiro atoms. The molecular weight excluding hydrogens is 411 g/mol. The summed E-state index contributed by atoms with van der Waals surface area (Å²) in [6.07, 6.45) is 9.61. The lowest BCUT2D eigenvalue weighted by atomic mass is 9.95. The van der Waals surface area contributed by atoms with E-state index in [1.165, 1.54) is 19.3 Å². The summed E-state index contributed by atoms with van der Waals surface area (Å²) in [7, 11) is 0. The van der Waals surface area contributed by atoms with Crippen LogP contribution in [-0.4, -0.2) is 30.9 Å². The number of nitrogens with two attached hydrogens (primary N) is 1. The predicted molar refractivity (Wildman–Crippen MR) is 116 cm³/mol. The van der Waals surface area contributed by atoms with Crippen LogP contribution in [0.4, 0.5) is 5.69 Å². The molecule has 4 rings (SSSR count). The number of hydrogen-bond acceptors (Lipinski definition) is 5. The van der Waals surface area contributed by atoms with E-state index in [9.17, 15) is 0 Å². The van der Waals surface area contributed by atoms with Crippen molar-refractivity contribution in [2.45, 2.75) is 58.5 Å². The van der Waals surface area contributed by atoms with E-state index in [0.29, 0.717) is 35.8 Å². The highest BCUT2D eigenvalue weighted by molar-refractivity contribution is 6.35. The Bertz CT molecular complexity index is 1010. The molecule has 156 valence electrons. The average Bonchev–Trinajstić information content (AvgIpc) is 3.17. The largest absolute Gasteiger partial charge is 0.475 e. The van der Waals surface area contributed by atoms with Crippen molar-refractivity contribution in [3.63, 3.8) is 0 Å². The molecule has 7 nitrogen and oxygen atoms in total. The third kappa shape index (κ3) is 4.16. The van der Waals surface area contributed by atoms with Crippen LogP contribution in [0.3, 0.4) is 0 Å². The molecule has 0 saturated heterocycles. The lowest BCUT2D eigenvalue weighted by Crippen LogP contribution is -2.17. The Hall–Kier alpha value is -1.99. The van der Waals surface area contributed by atoms with Gasteiger partial charge in [0.2, 0.25) is 5.28 Å². The lowest BCUT2D eigenvalue weighted by molar-refractivity contribution is 0.231. The second kappa shape index (κ2) is 8.40. The summed E-state index contributed by atoms with van der Waals surface area (Å²) in [6, 6.07) is 0.429. The van der Waals surface area contributed by atoms with Crippen LogP contribution in [0.2, 0.25) is 10.3 Å². The smallest absolute Gasteiger partial charge is 0.256 e. The van der Waals surface area contributed by atoms with E-state index in [0.717, 1.165) is 29.6 Å². The monoisotopic (exact) mass is 436 g/mol. The van der Waals surface area contributed by atoms with Crippen LogP contribution in [0, 0.1) is 12.8 Å². The maximum absolute atomic E-state index is 6.30. The van der Waals surface area contributed by atoms with Gasteiger partial charge >= 0.3 is 0 Å². The van der Waals surface area contributed by atoms with Gasteiger partial charge in [-0.1, -0.05) is 37.8 Å².